The lowest BCUT2D eigenvalue weighted by atomic mass is 10.0. The zero-order valence-corrected chi connectivity index (χ0v) is 57.8. The van der Waals surface area contributed by atoms with Gasteiger partial charge in [-0.25, -0.2) is 4.79 Å². The molecule has 0 aromatic rings. The van der Waals surface area contributed by atoms with E-state index in [9.17, 15) is 19.5 Å². The Morgan fingerprint density at radius 3 is 0.955 bits per heavy atom. The van der Waals surface area contributed by atoms with Gasteiger partial charge in [0.1, 0.15) is 13.2 Å². The Kier molecular flexibility index (Phi) is 65.3. The number of esters is 2. The molecule has 0 spiro atoms. The predicted octanol–water partition coefficient (Wildman–Crippen LogP) is 22.7. The van der Waals surface area contributed by atoms with Gasteiger partial charge in [-0.05, 0) is 122 Å². The lowest BCUT2D eigenvalue weighted by Gasteiger charge is -2.25. The van der Waals surface area contributed by atoms with Gasteiger partial charge in [-0.1, -0.05) is 295 Å². The number of carbonyl (C=O) groups is 3. The fraction of sp³-hybridized carbons (Fsp3) is 0.662. The Morgan fingerprint density at radius 2 is 0.640 bits per heavy atom. The van der Waals surface area contributed by atoms with E-state index < -0.39 is 24.3 Å². The molecule has 0 rings (SSSR count). The van der Waals surface area contributed by atoms with Crippen LogP contribution in [0.25, 0.3) is 0 Å². The van der Waals surface area contributed by atoms with Crippen molar-refractivity contribution in [2.45, 2.75) is 296 Å². The van der Waals surface area contributed by atoms with Gasteiger partial charge in [0.25, 0.3) is 6.29 Å². The molecule has 0 saturated carbocycles. The summed E-state index contributed by atoms with van der Waals surface area (Å²) in [6.07, 6.45) is 98.1. The molecule has 0 aromatic carbocycles. The number of hydrogen-bond acceptors (Lipinski definition) is 7. The normalized spacial score (nSPS) is 13.6. The van der Waals surface area contributed by atoms with Gasteiger partial charge in [0, 0.05) is 12.8 Å². The number of unbranched alkanes of at least 4 members (excludes halogenated alkanes) is 26. The summed E-state index contributed by atoms with van der Waals surface area (Å²) in [5, 5.41) is 9.75. The molecular formula is C80H134NO8+. The van der Waals surface area contributed by atoms with Crippen molar-refractivity contribution in [3.63, 3.8) is 0 Å². The molecule has 9 nitrogen and oxygen atoms in total. The number of nitrogens with zero attached hydrogens (tertiary/aromatic N) is 1. The number of aliphatic carboxylic acids is 1. The molecule has 0 aliphatic heterocycles. The zero-order chi connectivity index (χ0) is 64.7. The first-order valence-electron chi connectivity index (χ1n) is 36.0. The molecule has 0 heterocycles. The van der Waals surface area contributed by atoms with Crippen molar-refractivity contribution in [2.75, 3.05) is 47.5 Å². The molecule has 0 amide bonds. The van der Waals surface area contributed by atoms with Crippen molar-refractivity contribution >= 4 is 17.9 Å². The molecule has 0 aromatic heterocycles. The van der Waals surface area contributed by atoms with Gasteiger partial charge in [-0.2, -0.15) is 0 Å². The lowest BCUT2D eigenvalue weighted by molar-refractivity contribution is -0.870. The molecule has 0 fully saturated rings. The number of carboxylic acid groups (broad SMARTS) is 1. The monoisotopic (exact) mass is 1240 g/mol. The second-order valence-corrected chi connectivity index (χ2v) is 24.8. The summed E-state index contributed by atoms with van der Waals surface area (Å²) in [6.45, 7) is 4.75. The molecule has 2 unspecified atom stereocenters. The van der Waals surface area contributed by atoms with Crippen LogP contribution in [0.15, 0.2) is 146 Å². The number of rotatable bonds is 65. The van der Waals surface area contributed by atoms with Crippen molar-refractivity contribution in [1.29, 1.82) is 0 Å². The molecule has 0 aliphatic rings. The number of hydrogen-bond donors (Lipinski definition) is 1. The van der Waals surface area contributed by atoms with Crippen molar-refractivity contribution in [2.24, 2.45) is 0 Å². The third-order valence-corrected chi connectivity index (χ3v) is 15.1. The fourth-order valence-electron chi connectivity index (χ4n) is 9.60. The Balaban J connectivity index is 4.18. The van der Waals surface area contributed by atoms with E-state index >= 15 is 0 Å². The number of allylic oxidation sites excluding steroid dienone is 24. The summed E-state index contributed by atoms with van der Waals surface area (Å²) < 4.78 is 23.0. The number of ether oxygens (including phenoxy) is 4. The standard InChI is InChI=1S/C80H133NO8/c1-6-8-10-12-14-16-18-20-22-24-26-28-30-32-33-34-35-36-37-38-39-40-41-42-43-44-45-47-49-51-53-55-57-59-61-63-65-67-69-71-78(83)89-76(75-88-80(79(84)85)86-73-72-81(3,4)5)74-87-77(82)70-68-66-64-62-60-58-56-54-52-50-48-46-31-29-27-25-23-21-19-17-15-13-11-9-7-2/h8,10,14,16,19-22,25-28,32-33,35-36,38-39,41-42,44-45,49,51,76,80H,6-7,9,11-13,15,17-18,23-24,29-31,34,37,40,43,46-48,50,52-75H2,1-5H3/p+1/b10-8-,16-14-,21-19-,22-20-,27-25-,28-26-,33-32-,36-35-,39-38-,42-41-,45-44-,51-49-. The lowest BCUT2D eigenvalue weighted by Crippen LogP contribution is -2.40. The zero-order valence-electron chi connectivity index (χ0n) is 57.8. The molecule has 89 heavy (non-hydrogen) atoms. The maximum absolute atomic E-state index is 13.0. The fourth-order valence-corrected chi connectivity index (χ4v) is 9.60. The second-order valence-electron chi connectivity index (χ2n) is 24.8. The number of carboxylic acids is 1. The van der Waals surface area contributed by atoms with E-state index in [1.807, 2.05) is 21.1 Å². The summed E-state index contributed by atoms with van der Waals surface area (Å²) in [6, 6.07) is 0. The minimum absolute atomic E-state index is 0.179. The highest BCUT2D eigenvalue weighted by atomic mass is 16.7. The second kappa shape index (κ2) is 69.1. The summed E-state index contributed by atoms with van der Waals surface area (Å²) >= 11 is 0. The van der Waals surface area contributed by atoms with Crippen LogP contribution in [-0.4, -0.2) is 87.4 Å². The van der Waals surface area contributed by atoms with Crippen LogP contribution in [0.3, 0.4) is 0 Å². The van der Waals surface area contributed by atoms with Gasteiger partial charge >= 0.3 is 17.9 Å². The molecule has 2 atom stereocenters. The van der Waals surface area contributed by atoms with E-state index in [0.717, 1.165) is 116 Å². The smallest absolute Gasteiger partial charge is 0.361 e. The third-order valence-electron chi connectivity index (χ3n) is 15.1. The predicted molar refractivity (Wildman–Crippen MR) is 382 cm³/mol. The van der Waals surface area contributed by atoms with Gasteiger partial charge < -0.3 is 28.5 Å². The average Bonchev–Trinajstić information content (AvgIpc) is 3.64. The summed E-state index contributed by atoms with van der Waals surface area (Å²) in [5.74, 6) is -2.02. The summed E-state index contributed by atoms with van der Waals surface area (Å²) in [7, 11) is 5.97. The molecular weight excluding hydrogens is 1100 g/mol. The Hall–Kier alpha value is -4.83. The van der Waals surface area contributed by atoms with E-state index in [2.05, 4.69) is 160 Å². The van der Waals surface area contributed by atoms with Crippen LogP contribution in [0, 0.1) is 0 Å². The van der Waals surface area contributed by atoms with Crippen molar-refractivity contribution in [3.8, 4) is 0 Å². The van der Waals surface area contributed by atoms with E-state index in [4.69, 9.17) is 18.9 Å². The van der Waals surface area contributed by atoms with E-state index in [1.165, 1.54) is 135 Å². The summed E-state index contributed by atoms with van der Waals surface area (Å²) in [5.41, 5.74) is 0. The maximum atomic E-state index is 13.0. The number of likely N-dealkylation sites (N-methyl/N-ethyl adjacent to an activating group) is 1. The van der Waals surface area contributed by atoms with Gasteiger partial charge in [0.05, 0.1) is 34.4 Å². The van der Waals surface area contributed by atoms with Crippen LogP contribution in [0.2, 0.25) is 0 Å². The number of carbonyl (C=O) groups excluding carboxylic acids is 2. The minimum atomic E-state index is -1.52. The first-order chi connectivity index (χ1) is 43.6. The van der Waals surface area contributed by atoms with Crippen LogP contribution < -0.4 is 0 Å². The van der Waals surface area contributed by atoms with E-state index in [1.54, 1.807) is 0 Å². The van der Waals surface area contributed by atoms with Gasteiger partial charge in [-0.3, -0.25) is 9.59 Å². The molecule has 1 N–H and O–H groups in total. The van der Waals surface area contributed by atoms with Gasteiger partial charge in [0.15, 0.2) is 6.10 Å². The Bertz CT molecular complexity index is 1970. The largest absolute Gasteiger partial charge is 0.477 e. The van der Waals surface area contributed by atoms with E-state index in [0.29, 0.717) is 23.9 Å². The van der Waals surface area contributed by atoms with Gasteiger partial charge in [0.2, 0.25) is 0 Å². The average molecular weight is 1240 g/mol. The molecule has 0 bridgehead atoms. The van der Waals surface area contributed by atoms with Crippen molar-refractivity contribution < 1.29 is 42.9 Å². The van der Waals surface area contributed by atoms with Crippen molar-refractivity contribution in [3.05, 3.63) is 146 Å². The molecule has 0 radical (unpaired) electrons. The van der Waals surface area contributed by atoms with Crippen LogP contribution >= 0.6 is 0 Å². The van der Waals surface area contributed by atoms with Crippen LogP contribution in [0.5, 0.6) is 0 Å². The first-order valence-corrected chi connectivity index (χ1v) is 36.0. The Morgan fingerprint density at radius 1 is 0.348 bits per heavy atom. The molecule has 0 aliphatic carbocycles. The number of quaternary nitrogens is 1. The Labute approximate surface area is 547 Å². The molecule has 0 saturated heterocycles. The quantitative estimate of drug-likeness (QED) is 0.0211. The summed E-state index contributed by atoms with van der Waals surface area (Å²) in [4.78, 5) is 37.6. The van der Waals surface area contributed by atoms with Crippen LogP contribution in [-0.2, 0) is 33.3 Å². The van der Waals surface area contributed by atoms with Crippen molar-refractivity contribution in [1.82, 2.24) is 0 Å². The van der Waals surface area contributed by atoms with E-state index in [-0.39, 0.29) is 32.2 Å². The van der Waals surface area contributed by atoms with Crippen LogP contribution in [0.1, 0.15) is 284 Å². The third kappa shape index (κ3) is 70.5. The van der Waals surface area contributed by atoms with Gasteiger partial charge in [-0.15, -0.1) is 0 Å². The first kappa shape index (κ1) is 84.2. The highest BCUT2D eigenvalue weighted by molar-refractivity contribution is 5.71. The highest BCUT2D eigenvalue weighted by Crippen LogP contribution is 2.16. The SMILES string of the molecule is CC/C=C\C/C=C\C/C=C\C/C=C\C/C=C\C/C=C\C/C=C\C/C=C\C/C=C\C/C=C\CCCCCCCCCCC(=O)OC(COC(=O)CCCCCCCCCCCCCCC/C=C\C/C=C\CCCCCCC)COC(OCC[N+](C)(C)C)C(=O)O. The molecule has 9 heteroatoms. The van der Waals surface area contributed by atoms with Crippen LogP contribution in [0.4, 0.5) is 0 Å². The maximum Gasteiger partial charge on any atom is 0.361 e. The topological polar surface area (TPSA) is 108 Å². The highest BCUT2D eigenvalue weighted by Gasteiger charge is 2.25. The molecule has 506 valence electrons. The minimum Gasteiger partial charge on any atom is -0.477 e.